The van der Waals surface area contributed by atoms with E-state index in [2.05, 4.69) is 21.7 Å². The molecule has 2 aromatic carbocycles. The van der Waals surface area contributed by atoms with Crippen LogP contribution in [-0.4, -0.2) is 24.7 Å². The molecule has 0 spiro atoms. The van der Waals surface area contributed by atoms with Gasteiger partial charge in [-0.1, -0.05) is 29.8 Å². The number of aromatic nitrogens is 1. The highest BCUT2D eigenvalue weighted by molar-refractivity contribution is 6.31. The second-order valence-electron chi connectivity index (χ2n) is 5.79. The zero-order valence-electron chi connectivity index (χ0n) is 14.2. The van der Waals surface area contributed by atoms with E-state index < -0.39 is 0 Å². The topological polar surface area (TPSA) is 66.2 Å². The summed E-state index contributed by atoms with van der Waals surface area (Å²) in [6, 6.07) is 11.3. The molecule has 25 heavy (non-hydrogen) atoms. The summed E-state index contributed by atoms with van der Waals surface area (Å²) in [7, 11) is 1.54. The lowest BCUT2D eigenvalue weighted by molar-refractivity contribution is 0.252. The van der Waals surface area contributed by atoms with Gasteiger partial charge in [-0.3, -0.25) is 0 Å². The molecule has 0 unspecified atom stereocenters. The van der Waals surface area contributed by atoms with Gasteiger partial charge < -0.3 is 20.4 Å². The highest BCUT2D eigenvalue weighted by atomic mass is 35.5. The fourth-order valence-corrected chi connectivity index (χ4v) is 2.90. The van der Waals surface area contributed by atoms with Crippen LogP contribution < -0.4 is 15.4 Å². The number of para-hydroxylation sites is 1. The van der Waals surface area contributed by atoms with Crippen LogP contribution in [0, 0.1) is 6.92 Å². The van der Waals surface area contributed by atoms with Crippen LogP contribution in [0.25, 0.3) is 10.9 Å². The first-order valence-corrected chi connectivity index (χ1v) is 8.40. The number of carbonyl (C=O) groups excluding carboxylic acids is 1. The van der Waals surface area contributed by atoms with Crippen molar-refractivity contribution in [2.45, 2.75) is 13.3 Å². The summed E-state index contributed by atoms with van der Waals surface area (Å²) in [5, 5.41) is 7.45. The van der Waals surface area contributed by atoms with Crippen LogP contribution in [0.4, 0.5) is 10.5 Å². The molecule has 1 aromatic heterocycles. The molecule has 6 heteroatoms. The van der Waals surface area contributed by atoms with Crippen molar-refractivity contribution in [3.05, 3.63) is 58.7 Å². The zero-order chi connectivity index (χ0) is 17.8. The van der Waals surface area contributed by atoms with E-state index in [9.17, 15) is 4.79 Å². The summed E-state index contributed by atoms with van der Waals surface area (Å²) in [6.45, 7) is 2.41. The van der Waals surface area contributed by atoms with E-state index in [0.29, 0.717) is 23.0 Å². The Kier molecular flexibility index (Phi) is 5.14. The van der Waals surface area contributed by atoms with Crippen molar-refractivity contribution >= 4 is 34.2 Å². The molecule has 0 saturated carbocycles. The average molecular weight is 358 g/mol. The number of aromatic amines is 1. The molecular formula is C19H20ClN3O2. The Labute approximate surface area is 151 Å². The SMILES string of the molecule is COc1cc(Cl)c(C)cc1NC(=O)NCCc1c[nH]c2ccccc12. The van der Waals surface area contributed by atoms with Crippen LogP contribution in [-0.2, 0) is 6.42 Å². The van der Waals surface area contributed by atoms with E-state index in [1.807, 2.05) is 31.3 Å². The number of anilines is 1. The summed E-state index contributed by atoms with van der Waals surface area (Å²) < 4.78 is 5.26. The van der Waals surface area contributed by atoms with Crippen molar-refractivity contribution in [3.63, 3.8) is 0 Å². The van der Waals surface area contributed by atoms with E-state index in [1.54, 1.807) is 19.2 Å². The third-order valence-electron chi connectivity index (χ3n) is 4.08. The van der Waals surface area contributed by atoms with Crippen molar-refractivity contribution in [1.82, 2.24) is 10.3 Å². The fraction of sp³-hybridized carbons (Fsp3) is 0.211. The summed E-state index contributed by atoms with van der Waals surface area (Å²) in [4.78, 5) is 15.4. The van der Waals surface area contributed by atoms with Gasteiger partial charge in [-0.15, -0.1) is 0 Å². The maximum Gasteiger partial charge on any atom is 0.319 e. The number of ether oxygens (including phenoxy) is 1. The van der Waals surface area contributed by atoms with Gasteiger partial charge in [0.05, 0.1) is 12.8 Å². The van der Waals surface area contributed by atoms with Crippen molar-refractivity contribution < 1.29 is 9.53 Å². The lowest BCUT2D eigenvalue weighted by Crippen LogP contribution is -2.30. The zero-order valence-corrected chi connectivity index (χ0v) is 14.9. The summed E-state index contributed by atoms with van der Waals surface area (Å²) in [5.41, 5.74) is 3.74. The third-order valence-corrected chi connectivity index (χ3v) is 4.49. The molecule has 0 bridgehead atoms. The number of aryl methyl sites for hydroxylation is 1. The largest absolute Gasteiger partial charge is 0.495 e. The number of fused-ring (bicyclic) bond motifs is 1. The quantitative estimate of drug-likeness (QED) is 0.629. The smallest absolute Gasteiger partial charge is 0.319 e. The van der Waals surface area contributed by atoms with Gasteiger partial charge >= 0.3 is 6.03 Å². The molecule has 5 nitrogen and oxygen atoms in total. The van der Waals surface area contributed by atoms with Gasteiger partial charge in [-0.25, -0.2) is 4.79 Å². The normalized spacial score (nSPS) is 10.7. The third kappa shape index (κ3) is 3.88. The van der Waals surface area contributed by atoms with Gasteiger partial charge in [0.15, 0.2) is 0 Å². The number of carbonyl (C=O) groups is 1. The summed E-state index contributed by atoms with van der Waals surface area (Å²) in [6.07, 6.45) is 2.73. The van der Waals surface area contributed by atoms with Gasteiger partial charge in [-0.2, -0.15) is 0 Å². The van der Waals surface area contributed by atoms with Gasteiger partial charge in [0.25, 0.3) is 0 Å². The van der Waals surface area contributed by atoms with E-state index in [1.165, 1.54) is 10.9 Å². The molecule has 3 rings (SSSR count). The first-order valence-electron chi connectivity index (χ1n) is 8.02. The fourth-order valence-electron chi connectivity index (χ4n) is 2.75. The Bertz CT molecular complexity index is 905. The molecule has 0 fully saturated rings. The van der Waals surface area contributed by atoms with E-state index in [0.717, 1.165) is 17.5 Å². The summed E-state index contributed by atoms with van der Waals surface area (Å²) >= 11 is 6.08. The molecule has 3 N–H and O–H groups in total. The predicted octanol–water partition coefficient (Wildman–Crippen LogP) is 4.50. The minimum Gasteiger partial charge on any atom is -0.495 e. The van der Waals surface area contributed by atoms with Crippen molar-refractivity contribution in [2.24, 2.45) is 0 Å². The highest BCUT2D eigenvalue weighted by Crippen LogP contribution is 2.30. The molecule has 0 aliphatic rings. The van der Waals surface area contributed by atoms with Gasteiger partial charge in [0.2, 0.25) is 0 Å². The molecule has 1 heterocycles. The maximum absolute atomic E-state index is 12.2. The monoisotopic (exact) mass is 357 g/mol. The summed E-state index contributed by atoms with van der Waals surface area (Å²) in [5.74, 6) is 0.530. The van der Waals surface area contributed by atoms with Crippen LogP contribution >= 0.6 is 11.6 Å². The molecule has 3 aromatic rings. The van der Waals surface area contributed by atoms with Crippen LogP contribution in [0.2, 0.25) is 5.02 Å². The number of H-pyrrole nitrogens is 1. The van der Waals surface area contributed by atoms with Gasteiger partial charge in [-0.05, 0) is 36.6 Å². The Hall–Kier alpha value is -2.66. The lowest BCUT2D eigenvalue weighted by Gasteiger charge is -2.13. The molecule has 2 amide bonds. The number of nitrogens with one attached hydrogen (secondary N) is 3. The molecule has 0 saturated heterocycles. The number of amides is 2. The Morgan fingerprint density at radius 3 is 2.88 bits per heavy atom. The van der Waals surface area contributed by atoms with Gasteiger partial charge in [0.1, 0.15) is 5.75 Å². The van der Waals surface area contributed by atoms with Crippen LogP contribution in [0.3, 0.4) is 0 Å². The van der Waals surface area contributed by atoms with E-state index in [4.69, 9.17) is 16.3 Å². The first kappa shape index (κ1) is 17.2. The standard InChI is InChI=1S/C19H20ClN3O2/c1-12-9-17(18(25-2)10-15(12)20)23-19(24)21-8-7-13-11-22-16-6-4-3-5-14(13)16/h3-6,9-11,22H,7-8H2,1-2H3,(H2,21,23,24). The number of benzene rings is 2. The number of methoxy groups -OCH3 is 1. The highest BCUT2D eigenvalue weighted by Gasteiger charge is 2.10. The van der Waals surface area contributed by atoms with Crippen LogP contribution in [0.15, 0.2) is 42.6 Å². The molecular weight excluding hydrogens is 338 g/mol. The number of urea groups is 1. The van der Waals surface area contributed by atoms with Crippen molar-refractivity contribution in [1.29, 1.82) is 0 Å². The van der Waals surface area contributed by atoms with E-state index in [-0.39, 0.29) is 6.03 Å². The number of rotatable bonds is 5. The van der Waals surface area contributed by atoms with Crippen molar-refractivity contribution in [2.75, 3.05) is 19.0 Å². The molecule has 0 aliphatic heterocycles. The molecule has 0 atom stereocenters. The number of halogens is 1. The van der Waals surface area contributed by atoms with Crippen molar-refractivity contribution in [3.8, 4) is 5.75 Å². The second kappa shape index (κ2) is 7.49. The molecule has 130 valence electrons. The van der Waals surface area contributed by atoms with Gasteiger partial charge in [0, 0.05) is 34.7 Å². The minimum atomic E-state index is -0.278. The maximum atomic E-state index is 12.2. The minimum absolute atomic E-state index is 0.278. The Balaban J connectivity index is 1.59. The molecule has 0 radical (unpaired) electrons. The molecule has 0 aliphatic carbocycles. The second-order valence-corrected chi connectivity index (χ2v) is 6.20. The van der Waals surface area contributed by atoms with Crippen LogP contribution in [0.1, 0.15) is 11.1 Å². The Morgan fingerprint density at radius 1 is 1.28 bits per heavy atom. The van der Waals surface area contributed by atoms with E-state index >= 15 is 0 Å². The first-order chi connectivity index (χ1) is 12.1. The Morgan fingerprint density at radius 2 is 2.08 bits per heavy atom. The number of hydrogen-bond acceptors (Lipinski definition) is 2. The average Bonchev–Trinajstić information content (AvgIpc) is 3.01. The lowest BCUT2D eigenvalue weighted by atomic mass is 10.1. The van der Waals surface area contributed by atoms with Crippen LogP contribution in [0.5, 0.6) is 5.75 Å². The number of hydrogen-bond donors (Lipinski definition) is 3. The predicted molar refractivity (Wildman–Crippen MR) is 102 cm³/mol.